The van der Waals surface area contributed by atoms with Gasteiger partial charge in [0.25, 0.3) is 17.4 Å². The van der Waals surface area contributed by atoms with Crippen molar-refractivity contribution >= 4 is 23.6 Å². The molecule has 4 rings (SSSR count). The summed E-state index contributed by atoms with van der Waals surface area (Å²) in [7, 11) is 2.98. The van der Waals surface area contributed by atoms with Crippen molar-refractivity contribution in [2.45, 2.75) is 25.0 Å². The first-order valence-electron chi connectivity index (χ1n) is 11.1. The quantitative estimate of drug-likeness (QED) is 0.488. The van der Waals surface area contributed by atoms with Crippen molar-refractivity contribution in [2.75, 3.05) is 19.5 Å². The highest BCUT2D eigenvalue weighted by molar-refractivity contribution is 6.20. The maximum Gasteiger partial charge on any atom is 0.418 e. The van der Waals surface area contributed by atoms with Gasteiger partial charge in [-0.15, -0.1) is 0 Å². The summed E-state index contributed by atoms with van der Waals surface area (Å²) in [6.45, 7) is 1.72. The molecule has 3 aromatic carbocycles. The molecule has 1 fully saturated rings. The number of amides is 3. The Labute approximate surface area is 203 Å². The molecule has 1 heterocycles. The van der Waals surface area contributed by atoms with E-state index in [1.165, 1.54) is 14.2 Å². The smallest absolute Gasteiger partial charge is 0.418 e. The van der Waals surface area contributed by atoms with Gasteiger partial charge in [0.2, 0.25) is 0 Å². The van der Waals surface area contributed by atoms with Gasteiger partial charge >= 0.3 is 6.09 Å². The van der Waals surface area contributed by atoms with Crippen LogP contribution in [0, 0.1) is 0 Å². The molecule has 0 aromatic heterocycles. The van der Waals surface area contributed by atoms with Crippen molar-refractivity contribution in [2.24, 2.45) is 0 Å². The van der Waals surface area contributed by atoms with Crippen LogP contribution in [-0.4, -0.2) is 42.6 Å². The van der Waals surface area contributed by atoms with Gasteiger partial charge in [0.05, 0.1) is 20.3 Å². The Kier molecular flexibility index (Phi) is 6.73. The monoisotopic (exact) mass is 474 g/mol. The van der Waals surface area contributed by atoms with Crippen LogP contribution in [-0.2, 0) is 20.7 Å². The molecule has 2 atom stereocenters. The normalized spacial score (nSPS) is 18.1. The van der Waals surface area contributed by atoms with Crippen LogP contribution in [0.2, 0.25) is 0 Å². The first-order valence-corrected chi connectivity index (χ1v) is 11.1. The van der Waals surface area contributed by atoms with E-state index in [1.807, 2.05) is 36.4 Å². The minimum absolute atomic E-state index is 0.122. The molecular formula is C27H26N2O6. The number of nitrogens with zero attached hydrogens (tertiary/aromatic N) is 1. The molecule has 3 amide bonds. The third-order valence-corrected chi connectivity index (χ3v) is 5.96. The largest absolute Gasteiger partial charge is 0.497 e. The zero-order chi connectivity index (χ0) is 25.0. The number of hydrogen-bond donors (Lipinski definition) is 1. The van der Waals surface area contributed by atoms with Crippen molar-refractivity contribution in [3.05, 3.63) is 90.0 Å². The van der Waals surface area contributed by atoms with Crippen molar-refractivity contribution in [1.29, 1.82) is 0 Å². The molecule has 0 spiro atoms. The number of benzene rings is 3. The highest BCUT2D eigenvalue weighted by Gasteiger charge is 2.60. The molecule has 0 unspecified atom stereocenters. The maximum absolute atomic E-state index is 13.8. The van der Waals surface area contributed by atoms with Crippen LogP contribution in [0.15, 0.2) is 78.9 Å². The summed E-state index contributed by atoms with van der Waals surface area (Å²) in [6, 6.07) is 22.2. The van der Waals surface area contributed by atoms with E-state index < -0.39 is 29.6 Å². The maximum atomic E-state index is 13.8. The summed E-state index contributed by atoms with van der Waals surface area (Å²) < 4.78 is 16.2. The number of hydrogen-bond acceptors (Lipinski definition) is 6. The second kappa shape index (κ2) is 9.89. The topological polar surface area (TPSA) is 94.2 Å². The molecule has 0 saturated carbocycles. The number of imide groups is 1. The van der Waals surface area contributed by atoms with E-state index >= 15 is 0 Å². The molecule has 1 N–H and O–H groups in total. The third kappa shape index (κ3) is 4.68. The number of carbonyl (C=O) groups is 3. The Morgan fingerprint density at radius 2 is 1.51 bits per heavy atom. The van der Waals surface area contributed by atoms with E-state index in [0.29, 0.717) is 22.7 Å². The molecule has 0 aliphatic carbocycles. The molecule has 1 aliphatic rings. The molecule has 1 saturated heterocycles. The van der Waals surface area contributed by atoms with Crippen molar-refractivity contribution < 1.29 is 28.6 Å². The van der Waals surface area contributed by atoms with Crippen LogP contribution in [0.4, 0.5) is 10.5 Å². The average molecular weight is 475 g/mol. The SMILES string of the molecule is COc1cc(NC(=O)[C@@]2(Cc3ccccc3)OC(=O)N([C@H](C)c3ccccc3)C2=O)cc(OC)c1. The molecule has 35 heavy (non-hydrogen) atoms. The van der Waals surface area contributed by atoms with E-state index in [2.05, 4.69) is 5.32 Å². The van der Waals surface area contributed by atoms with Crippen LogP contribution in [0.5, 0.6) is 11.5 Å². The van der Waals surface area contributed by atoms with Crippen LogP contribution < -0.4 is 14.8 Å². The van der Waals surface area contributed by atoms with Crippen molar-refractivity contribution in [3.63, 3.8) is 0 Å². The van der Waals surface area contributed by atoms with Gasteiger partial charge in [-0.1, -0.05) is 60.7 Å². The average Bonchev–Trinajstić information content (AvgIpc) is 3.14. The summed E-state index contributed by atoms with van der Waals surface area (Å²) in [6.07, 6.45) is -0.996. The number of rotatable bonds is 8. The van der Waals surface area contributed by atoms with Gasteiger partial charge in [-0.25, -0.2) is 9.69 Å². The minimum atomic E-state index is -2.09. The second-order valence-corrected chi connectivity index (χ2v) is 8.17. The number of nitrogens with one attached hydrogen (secondary N) is 1. The van der Waals surface area contributed by atoms with Crippen molar-refractivity contribution in [3.8, 4) is 11.5 Å². The molecule has 8 heteroatoms. The molecule has 180 valence electrons. The predicted octanol–water partition coefficient (Wildman–Crippen LogP) is 4.36. The molecule has 0 radical (unpaired) electrons. The highest BCUT2D eigenvalue weighted by Crippen LogP contribution is 2.36. The summed E-state index contributed by atoms with van der Waals surface area (Å²) in [5, 5.41) is 2.72. The van der Waals surface area contributed by atoms with Crippen LogP contribution >= 0.6 is 0 Å². The van der Waals surface area contributed by atoms with Crippen molar-refractivity contribution in [1.82, 2.24) is 4.90 Å². The van der Waals surface area contributed by atoms with Gasteiger partial charge in [-0.2, -0.15) is 0 Å². The molecule has 3 aromatic rings. The Morgan fingerprint density at radius 3 is 2.09 bits per heavy atom. The highest BCUT2D eigenvalue weighted by atomic mass is 16.6. The van der Waals surface area contributed by atoms with E-state index in [-0.39, 0.29) is 6.42 Å². The molecule has 1 aliphatic heterocycles. The number of anilines is 1. The number of methoxy groups -OCH3 is 2. The standard InChI is InChI=1S/C27H26N2O6/c1-18(20-12-8-5-9-13-20)29-25(31)27(35-26(29)32,17-19-10-6-4-7-11-19)24(30)28-21-14-22(33-2)16-23(15-21)34-3/h4-16,18H,17H2,1-3H3,(H,28,30)/t18-,27-/m1/s1. The fraction of sp³-hybridized carbons (Fsp3) is 0.222. The van der Waals surface area contributed by atoms with E-state index in [0.717, 1.165) is 10.5 Å². The van der Waals surface area contributed by atoms with Crippen LogP contribution in [0.3, 0.4) is 0 Å². The summed E-state index contributed by atoms with van der Waals surface area (Å²) >= 11 is 0. The summed E-state index contributed by atoms with van der Waals surface area (Å²) in [5.74, 6) is -0.593. The molecular weight excluding hydrogens is 448 g/mol. The van der Waals surface area contributed by atoms with E-state index in [4.69, 9.17) is 14.2 Å². The van der Waals surface area contributed by atoms with Gasteiger partial charge in [-0.3, -0.25) is 9.59 Å². The summed E-state index contributed by atoms with van der Waals surface area (Å²) in [5.41, 5.74) is -0.345. The van der Waals surface area contributed by atoms with Gasteiger partial charge in [0.1, 0.15) is 11.5 Å². The lowest BCUT2D eigenvalue weighted by Gasteiger charge is -2.26. The van der Waals surface area contributed by atoms with Gasteiger partial charge in [-0.05, 0) is 18.1 Å². The first-order chi connectivity index (χ1) is 16.9. The van der Waals surface area contributed by atoms with Gasteiger partial charge in [0.15, 0.2) is 0 Å². The Bertz CT molecular complexity index is 1210. The van der Waals surface area contributed by atoms with Gasteiger partial charge < -0.3 is 19.5 Å². The Morgan fingerprint density at radius 1 is 0.943 bits per heavy atom. The summed E-state index contributed by atoms with van der Waals surface area (Å²) in [4.78, 5) is 41.5. The van der Waals surface area contributed by atoms with Crippen LogP contribution in [0.1, 0.15) is 24.1 Å². The van der Waals surface area contributed by atoms with E-state index in [1.54, 1.807) is 49.4 Å². The molecule has 8 nitrogen and oxygen atoms in total. The van der Waals surface area contributed by atoms with Crippen LogP contribution in [0.25, 0.3) is 0 Å². The van der Waals surface area contributed by atoms with E-state index in [9.17, 15) is 14.4 Å². The predicted molar refractivity (Wildman–Crippen MR) is 129 cm³/mol. The fourth-order valence-electron chi connectivity index (χ4n) is 4.06. The van der Waals surface area contributed by atoms with Gasteiger partial charge in [0, 0.05) is 30.3 Å². The lowest BCUT2D eigenvalue weighted by atomic mass is 9.91. The number of carbonyl (C=O) groups excluding carboxylic acids is 3. The fourth-order valence-corrected chi connectivity index (χ4v) is 4.06. The lowest BCUT2D eigenvalue weighted by Crippen LogP contribution is -2.52. The zero-order valence-electron chi connectivity index (χ0n) is 19.7. The second-order valence-electron chi connectivity index (χ2n) is 8.17. The minimum Gasteiger partial charge on any atom is -0.497 e. The Balaban J connectivity index is 1.72. The number of cyclic esters (lactones) is 1. The lowest BCUT2D eigenvalue weighted by molar-refractivity contribution is -0.147. The Hall–Kier alpha value is -4.33. The molecule has 0 bridgehead atoms. The first kappa shape index (κ1) is 23.8. The number of ether oxygens (including phenoxy) is 3. The zero-order valence-corrected chi connectivity index (χ0v) is 19.7. The third-order valence-electron chi connectivity index (χ3n) is 5.96.